The highest BCUT2D eigenvalue weighted by atomic mass is 32.2. The van der Waals surface area contributed by atoms with Crippen LogP contribution in [0, 0.1) is 12.7 Å². The Labute approximate surface area is 187 Å². The number of sulfonamides is 1. The fourth-order valence-corrected chi connectivity index (χ4v) is 3.91. The molecule has 0 aliphatic heterocycles. The van der Waals surface area contributed by atoms with Crippen molar-refractivity contribution in [2.45, 2.75) is 20.3 Å². The zero-order valence-electron chi connectivity index (χ0n) is 18.4. The van der Waals surface area contributed by atoms with E-state index < -0.39 is 15.8 Å². The number of hydrogen-bond acceptors (Lipinski definition) is 4. The molecule has 0 fully saturated rings. The number of aromatic nitrogens is 1. The number of ether oxygens (including phenoxy) is 1. The van der Waals surface area contributed by atoms with Crippen molar-refractivity contribution in [2.24, 2.45) is 7.05 Å². The second-order valence-corrected chi connectivity index (χ2v) is 9.33. The predicted octanol–water partition coefficient (Wildman–Crippen LogP) is 4.76. The number of aryl methyl sites for hydroxylation is 3. The summed E-state index contributed by atoms with van der Waals surface area (Å²) in [6.07, 6.45) is 2.16. The van der Waals surface area contributed by atoms with E-state index in [1.165, 1.54) is 23.7 Å². The maximum Gasteiger partial charge on any atom is 0.256 e. The highest BCUT2D eigenvalue weighted by Gasteiger charge is 2.19. The van der Waals surface area contributed by atoms with Gasteiger partial charge in [-0.3, -0.25) is 9.10 Å². The van der Waals surface area contributed by atoms with Crippen molar-refractivity contribution < 1.29 is 17.5 Å². The Morgan fingerprint density at radius 3 is 2.47 bits per heavy atom. The molecule has 0 N–H and O–H groups in total. The lowest BCUT2D eigenvalue weighted by molar-refractivity contribution is 0.443. The molecule has 32 heavy (non-hydrogen) atoms. The number of anilines is 1. The van der Waals surface area contributed by atoms with E-state index >= 15 is 0 Å². The summed E-state index contributed by atoms with van der Waals surface area (Å²) in [6.45, 7) is 7.01. The predicted molar refractivity (Wildman–Crippen MR) is 125 cm³/mol. The van der Waals surface area contributed by atoms with Crippen LogP contribution in [0.1, 0.15) is 18.1 Å². The monoisotopic (exact) mass is 456 g/mol. The number of benzene rings is 2. The Morgan fingerprint density at radius 2 is 1.84 bits per heavy atom. The van der Waals surface area contributed by atoms with Gasteiger partial charge in [-0.05, 0) is 55.3 Å². The summed E-state index contributed by atoms with van der Waals surface area (Å²) in [4.78, 5) is 12.4. The van der Waals surface area contributed by atoms with Gasteiger partial charge in [0.05, 0.1) is 5.69 Å². The van der Waals surface area contributed by atoms with Crippen LogP contribution in [0.15, 0.2) is 65.4 Å². The smallest absolute Gasteiger partial charge is 0.256 e. The second-order valence-electron chi connectivity index (χ2n) is 7.42. The molecular formula is C24H25FN2O4S. The van der Waals surface area contributed by atoms with E-state index in [2.05, 4.69) is 6.58 Å². The molecule has 0 radical (unpaired) electrons. The van der Waals surface area contributed by atoms with Gasteiger partial charge in [-0.1, -0.05) is 19.6 Å². The summed E-state index contributed by atoms with van der Waals surface area (Å²) in [5.41, 5.74) is 2.74. The minimum Gasteiger partial charge on any atom is -0.454 e. The summed E-state index contributed by atoms with van der Waals surface area (Å²) in [6, 6.07) is 11.1. The van der Waals surface area contributed by atoms with Crippen LogP contribution in [-0.2, 0) is 23.5 Å². The average Bonchev–Trinajstić information content (AvgIpc) is 2.77. The van der Waals surface area contributed by atoms with Gasteiger partial charge in [0.15, 0.2) is 11.6 Å². The highest BCUT2D eigenvalue weighted by Crippen LogP contribution is 2.37. The lowest BCUT2D eigenvalue weighted by atomic mass is 10.0. The minimum atomic E-state index is -3.72. The second kappa shape index (κ2) is 9.00. The lowest BCUT2D eigenvalue weighted by Gasteiger charge is -2.20. The fraction of sp³-hybridized carbons (Fsp3) is 0.208. The summed E-state index contributed by atoms with van der Waals surface area (Å²) in [7, 11) is -0.667. The Morgan fingerprint density at radius 1 is 1.16 bits per heavy atom. The molecule has 0 saturated heterocycles. The molecule has 8 heteroatoms. The van der Waals surface area contributed by atoms with Crippen molar-refractivity contribution >= 4 is 15.7 Å². The van der Waals surface area contributed by atoms with Crippen LogP contribution in [0.5, 0.6) is 11.5 Å². The summed E-state index contributed by atoms with van der Waals surface area (Å²) in [5, 5.41) is 0.861. The normalized spacial score (nSPS) is 11.3. The van der Waals surface area contributed by atoms with Crippen molar-refractivity contribution in [3.05, 3.63) is 87.9 Å². The van der Waals surface area contributed by atoms with Crippen LogP contribution >= 0.6 is 0 Å². The zero-order chi connectivity index (χ0) is 23.6. The first-order chi connectivity index (χ1) is 15.1. The van der Waals surface area contributed by atoms with E-state index in [0.29, 0.717) is 34.5 Å². The van der Waals surface area contributed by atoms with Crippen LogP contribution < -0.4 is 14.6 Å². The maximum absolute atomic E-state index is 14.4. The van der Waals surface area contributed by atoms with E-state index in [-0.39, 0.29) is 11.3 Å². The summed E-state index contributed by atoms with van der Waals surface area (Å²) >= 11 is 0. The topological polar surface area (TPSA) is 68.6 Å². The number of rotatable bonds is 7. The Hall–Kier alpha value is -3.39. The Kier molecular flexibility index (Phi) is 6.55. The average molecular weight is 457 g/mol. The van der Waals surface area contributed by atoms with Crippen molar-refractivity contribution in [1.82, 2.24) is 4.57 Å². The van der Waals surface area contributed by atoms with Crippen LogP contribution in [0.3, 0.4) is 0 Å². The third kappa shape index (κ3) is 4.60. The maximum atomic E-state index is 14.4. The van der Waals surface area contributed by atoms with E-state index in [1.807, 2.05) is 6.92 Å². The third-order valence-corrected chi connectivity index (χ3v) is 6.57. The van der Waals surface area contributed by atoms with Crippen LogP contribution in [-0.4, -0.2) is 20.0 Å². The van der Waals surface area contributed by atoms with Crippen LogP contribution in [0.4, 0.5) is 10.1 Å². The van der Waals surface area contributed by atoms with Crippen molar-refractivity contribution in [3.8, 4) is 22.6 Å². The molecule has 0 atom stereocenters. The first kappa shape index (κ1) is 23.3. The van der Waals surface area contributed by atoms with E-state index in [9.17, 15) is 17.6 Å². The molecule has 1 aromatic heterocycles. The number of nitrogens with zero attached hydrogens (tertiary/aromatic N) is 2. The molecule has 6 nitrogen and oxygen atoms in total. The Bertz CT molecular complexity index is 1350. The first-order valence-electron chi connectivity index (χ1n) is 9.96. The zero-order valence-corrected chi connectivity index (χ0v) is 19.2. The molecular weight excluding hydrogens is 431 g/mol. The van der Waals surface area contributed by atoms with Crippen molar-refractivity contribution in [2.75, 3.05) is 11.4 Å². The standard InChI is InChI=1S/C24H25FN2O4S/c1-6-17-13-18(15-26(4)24(17)28)20-14-19(27(5)32(29,30)7-2)9-11-22(20)31-23-10-8-16(3)12-21(23)25/h7-15H,2,6H2,1,3-5H3. The molecule has 0 saturated carbocycles. The van der Waals surface area contributed by atoms with Crippen molar-refractivity contribution in [1.29, 1.82) is 0 Å². The van der Waals surface area contributed by atoms with E-state index in [0.717, 1.165) is 15.3 Å². The van der Waals surface area contributed by atoms with E-state index in [1.54, 1.807) is 50.5 Å². The summed E-state index contributed by atoms with van der Waals surface area (Å²) < 4.78 is 47.4. The molecule has 0 unspecified atom stereocenters. The lowest BCUT2D eigenvalue weighted by Crippen LogP contribution is -2.24. The van der Waals surface area contributed by atoms with Gasteiger partial charge in [-0.2, -0.15) is 0 Å². The van der Waals surface area contributed by atoms with Crippen LogP contribution in [0.25, 0.3) is 11.1 Å². The summed E-state index contributed by atoms with van der Waals surface area (Å²) in [5.74, 6) is -0.153. The van der Waals surface area contributed by atoms with Crippen molar-refractivity contribution in [3.63, 3.8) is 0 Å². The molecule has 0 aliphatic rings. The highest BCUT2D eigenvalue weighted by molar-refractivity contribution is 7.95. The molecule has 0 amide bonds. The number of halogens is 1. The SMILES string of the molecule is C=CS(=O)(=O)N(C)c1ccc(Oc2ccc(C)cc2F)c(-c2cc(CC)c(=O)n(C)c2)c1. The molecule has 168 valence electrons. The van der Waals surface area contributed by atoms with Crippen LogP contribution in [0.2, 0.25) is 0 Å². The molecule has 3 aromatic rings. The molecule has 1 heterocycles. The minimum absolute atomic E-state index is 0.0391. The molecule has 0 bridgehead atoms. The van der Waals surface area contributed by atoms with E-state index in [4.69, 9.17) is 4.74 Å². The fourth-order valence-electron chi connectivity index (χ4n) is 3.28. The molecule has 3 rings (SSSR count). The molecule has 2 aromatic carbocycles. The largest absolute Gasteiger partial charge is 0.454 e. The van der Waals surface area contributed by atoms with Gasteiger partial charge in [0.1, 0.15) is 5.75 Å². The van der Waals surface area contributed by atoms with Gasteiger partial charge in [-0.25, -0.2) is 12.8 Å². The third-order valence-electron chi connectivity index (χ3n) is 5.18. The van der Waals surface area contributed by atoms with Gasteiger partial charge in [0.2, 0.25) is 0 Å². The Balaban J connectivity index is 2.22. The number of hydrogen-bond donors (Lipinski definition) is 0. The van der Waals surface area contributed by atoms with Gasteiger partial charge in [0.25, 0.3) is 15.6 Å². The quantitative estimate of drug-likeness (QED) is 0.514. The van der Waals surface area contributed by atoms with Gasteiger partial charge >= 0.3 is 0 Å². The molecule has 0 aliphatic carbocycles. The van der Waals surface area contributed by atoms with Gasteiger partial charge < -0.3 is 9.30 Å². The van der Waals surface area contributed by atoms with Gasteiger partial charge in [0, 0.05) is 42.4 Å². The number of pyridine rings is 1. The first-order valence-corrected chi connectivity index (χ1v) is 11.5. The van der Waals surface area contributed by atoms with Gasteiger partial charge in [-0.15, -0.1) is 0 Å². The molecule has 0 spiro atoms.